The molecule has 1 aliphatic heterocycles. The summed E-state index contributed by atoms with van der Waals surface area (Å²) in [5.41, 5.74) is 6.29. The van der Waals surface area contributed by atoms with Gasteiger partial charge in [0, 0.05) is 23.1 Å². The SMILES string of the molecule is CC(NC(=O)c1ccc(Br)cc1)C(=O)N1CCC(C)(CN)C1. The van der Waals surface area contributed by atoms with Crippen LogP contribution in [0.4, 0.5) is 0 Å². The van der Waals surface area contributed by atoms with Crippen LogP contribution in [-0.4, -0.2) is 42.4 Å². The molecular weight excluding hydrogens is 346 g/mol. The highest BCUT2D eigenvalue weighted by molar-refractivity contribution is 9.10. The molecule has 3 N–H and O–H groups in total. The van der Waals surface area contributed by atoms with Crippen molar-refractivity contribution < 1.29 is 9.59 Å². The zero-order valence-corrected chi connectivity index (χ0v) is 14.5. The molecule has 0 saturated carbocycles. The van der Waals surface area contributed by atoms with E-state index in [1.165, 1.54) is 0 Å². The maximum atomic E-state index is 12.4. The van der Waals surface area contributed by atoms with Gasteiger partial charge in [0.2, 0.25) is 5.91 Å². The number of nitrogens with zero attached hydrogens (tertiary/aromatic N) is 1. The molecule has 0 aromatic heterocycles. The molecule has 1 heterocycles. The highest BCUT2D eigenvalue weighted by Crippen LogP contribution is 2.28. The van der Waals surface area contributed by atoms with Crippen molar-refractivity contribution in [2.45, 2.75) is 26.3 Å². The van der Waals surface area contributed by atoms with Crippen LogP contribution in [0, 0.1) is 5.41 Å². The normalized spacial score (nSPS) is 22.5. The molecule has 2 unspecified atom stereocenters. The second-order valence-corrected chi connectivity index (χ2v) is 7.14. The minimum absolute atomic E-state index is 0.00883. The van der Waals surface area contributed by atoms with Crippen LogP contribution in [0.2, 0.25) is 0 Å². The Balaban J connectivity index is 1.94. The van der Waals surface area contributed by atoms with Gasteiger partial charge in [-0.2, -0.15) is 0 Å². The number of hydrogen-bond donors (Lipinski definition) is 2. The first kappa shape index (κ1) is 17.0. The Morgan fingerprint density at radius 3 is 2.59 bits per heavy atom. The summed E-state index contributed by atoms with van der Waals surface area (Å²) in [6.07, 6.45) is 0.905. The Kier molecular flexibility index (Phi) is 5.24. The lowest BCUT2D eigenvalue weighted by Gasteiger charge is -2.25. The maximum Gasteiger partial charge on any atom is 0.251 e. The van der Waals surface area contributed by atoms with E-state index < -0.39 is 6.04 Å². The number of carbonyl (C=O) groups excluding carboxylic acids is 2. The lowest BCUT2D eigenvalue weighted by atomic mass is 9.90. The molecule has 22 heavy (non-hydrogen) atoms. The van der Waals surface area contributed by atoms with Gasteiger partial charge in [-0.05, 0) is 49.6 Å². The van der Waals surface area contributed by atoms with Crippen LogP contribution in [0.3, 0.4) is 0 Å². The Labute approximate surface area is 139 Å². The van der Waals surface area contributed by atoms with E-state index in [1.54, 1.807) is 36.1 Å². The van der Waals surface area contributed by atoms with Crippen molar-refractivity contribution in [3.05, 3.63) is 34.3 Å². The van der Waals surface area contributed by atoms with E-state index in [2.05, 4.69) is 28.2 Å². The molecule has 2 atom stereocenters. The number of benzene rings is 1. The Morgan fingerprint density at radius 2 is 2.05 bits per heavy atom. The van der Waals surface area contributed by atoms with Gasteiger partial charge in [0.1, 0.15) is 6.04 Å². The molecule has 1 fully saturated rings. The van der Waals surface area contributed by atoms with Gasteiger partial charge in [-0.25, -0.2) is 0 Å². The van der Waals surface area contributed by atoms with E-state index in [1.807, 2.05) is 0 Å². The molecule has 1 aliphatic rings. The highest BCUT2D eigenvalue weighted by Gasteiger charge is 2.36. The Morgan fingerprint density at radius 1 is 1.41 bits per heavy atom. The second kappa shape index (κ2) is 6.79. The van der Waals surface area contributed by atoms with Gasteiger partial charge in [-0.1, -0.05) is 22.9 Å². The quantitative estimate of drug-likeness (QED) is 0.851. The molecule has 2 rings (SSSR count). The van der Waals surface area contributed by atoms with Crippen molar-refractivity contribution in [3.8, 4) is 0 Å². The number of carbonyl (C=O) groups is 2. The van der Waals surface area contributed by atoms with Crippen molar-refractivity contribution in [2.24, 2.45) is 11.1 Å². The van der Waals surface area contributed by atoms with Gasteiger partial charge < -0.3 is 16.0 Å². The maximum absolute atomic E-state index is 12.4. The third-order valence-electron chi connectivity index (χ3n) is 4.19. The number of nitrogens with one attached hydrogen (secondary N) is 1. The van der Waals surface area contributed by atoms with Gasteiger partial charge in [-0.15, -0.1) is 0 Å². The molecular formula is C16H22BrN3O2. The molecule has 120 valence electrons. The van der Waals surface area contributed by atoms with E-state index >= 15 is 0 Å². The number of hydrogen-bond acceptors (Lipinski definition) is 3. The number of amides is 2. The highest BCUT2D eigenvalue weighted by atomic mass is 79.9. The Bertz CT molecular complexity index is 561. The monoisotopic (exact) mass is 367 g/mol. The summed E-state index contributed by atoms with van der Waals surface area (Å²) in [4.78, 5) is 26.4. The average Bonchev–Trinajstić information content (AvgIpc) is 2.90. The zero-order valence-electron chi connectivity index (χ0n) is 12.9. The zero-order chi connectivity index (χ0) is 16.3. The number of likely N-dealkylation sites (tertiary alicyclic amines) is 1. The van der Waals surface area contributed by atoms with Crippen LogP contribution in [0.1, 0.15) is 30.6 Å². The first-order chi connectivity index (χ1) is 10.3. The molecule has 0 aliphatic carbocycles. The van der Waals surface area contributed by atoms with Crippen LogP contribution < -0.4 is 11.1 Å². The fourth-order valence-corrected chi connectivity index (χ4v) is 2.86. The van der Waals surface area contributed by atoms with Crippen molar-refractivity contribution in [3.63, 3.8) is 0 Å². The summed E-state index contributed by atoms with van der Waals surface area (Å²) in [5.74, 6) is -0.295. The number of rotatable bonds is 4. The topological polar surface area (TPSA) is 75.4 Å². The van der Waals surface area contributed by atoms with Gasteiger partial charge in [0.25, 0.3) is 5.91 Å². The van der Waals surface area contributed by atoms with Crippen LogP contribution in [0.15, 0.2) is 28.7 Å². The van der Waals surface area contributed by atoms with E-state index in [9.17, 15) is 9.59 Å². The fraction of sp³-hybridized carbons (Fsp3) is 0.500. The van der Waals surface area contributed by atoms with Crippen LogP contribution in [0.25, 0.3) is 0 Å². The summed E-state index contributed by atoms with van der Waals surface area (Å²) in [6, 6.07) is 6.50. The summed E-state index contributed by atoms with van der Waals surface area (Å²) >= 11 is 3.33. The third kappa shape index (κ3) is 3.87. The average molecular weight is 368 g/mol. The van der Waals surface area contributed by atoms with Gasteiger partial charge >= 0.3 is 0 Å². The summed E-state index contributed by atoms with van der Waals surface area (Å²) in [6.45, 7) is 5.73. The molecule has 0 spiro atoms. The fourth-order valence-electron chi connectivity index (χ4n) is 2.60. The van der Waals surface area contributed by atoms with Crippen molar-refractivity contribution in [1.29, 1.82) is 0 Å². The first-order valence-electron chi connectivity index (χ1n) is 7.40. The van der Waals surface area contributed by atoms with Gasteiger partial charge in [0.15, 0.2) is 0 Å². The first-order valence-corrected chi connectivity index (χ1v) is 8.19. The van der Waals surface area contributed by atoms with E-state index in [4.69, 9.17) is 5.73 Å². The molecule has 5 nitrogen and oxygen atoms in total. The molecule has 1 aromatic carbocycles. The minimum Gasteiger partial charge on any atom is -0.341 e. The van der Waals surface area contributed by atoms with Crippen LogP contribution >= 0.6 is 15.9 Å². The third-order valence-corrected chi connectivity index (χ3v) is 4.72. The number of halogens is 1. The summed E-state index contributed by atoms with van der Waals surface area (Å²) < 4.78 is 0.909. The van der Waals surface area contributed by atoms with Gasteiger partial charge in [0.05, 0.1) is 0 Å². The van der Waals surface area contributed by atoms with E-state index in [0.29, 0.717) is 25.2 Å². The standard InChI is InChI=1S/C16H22BrN3O2/c1-11(15(22)20-8-7-16(2,9-18)10-20)19-14(21)12-3-5-13(17)6-4-12/h3-6,11H,7-10,18H2,1-2H3,(H,19,21). The molecule has 1 aromatic rings. The van der Waals surface area contributed by atoms with E-state index in [-0.39, 0.29) is 17.2 Å². The largest absolute Gasteiger partial charge is 0.341 e. The van der Waals surface area contributed by atoms with E-state index in [0.717, 1.165) is 10.9 Å². The number of nitrogens with two attached hydrogens (primary N) is 1. The smallest absolute Gasteiger partial charge is 0.251 e. The van der Waals surface area contributed by atoms with Crippen LogP contribution in [0.5, 0.6) is 0 Å². The Hall–Kier alpha value is -1.40. The minimum atomic E-state index is -0.545. The lowest BCUT2D eigenvalue weighted by Crippen LogP contribution is -2.47. The molecule has 0 radical (unpaired) electrons. The second-order valence-electron chi connectivity index (χ2n) is 6.23. The molecule has 2 amide bonds. The van der Waals surface area contributed by atoms with Crippen molar-refractivity contribution >= 4 is 27.7 Å². The molecule has 0 bridgehead atoms. The van der Waals surface area contributed by atoms with Crippen LogP contribution in [-0.2, 0) is 4.79 Å². The predicted octanol–water partition coefficient (Wildman–Crippen LogP) is 1.76. The molecule has 6 heteroatoms. The van der Waals surface area contributed by atoms with Crippen molar-refractivity contribution in [2.75, 3.05) is 19.6 Å². The summed E-state index contributed by atoms with van der Waals surface area (Å²) in [5, 5.41) is 2.76. The predicted molar refractivity (Wildman–Crippen MR) is 89.4 cm³/mol. The molecule has 1 saturated heterocycles. The summed E-state index contributed by atoms with van der Waals surface area (Å²) in [7, 11) is 0. The lowest BCUT2D eigenvalue weighted by molar-refractivity contribution is -0.132. The van der Waals surface area contributed by atoms with Gasteiger partial charge in [-0.3, -0.25) is 9.59 Å². The van der Waals surface area contributed by atoms with Crippen molar-refractivity contribution in [1.82, 2.24) is 10.2 Å².